The van der Waals surface area contributed by atoms with Crippen LogP contribution in [0.4, 0.5) is 0 Å². The fourth-order valence-electron chi connectivity index (χ4n) is 1.15. The lowest BCUT2D eigenvalue weighted by Crippen LogP contribution is -2.08. The van der Waals surface area contributed by atoms with Gasteiger partial charge in [-0.15, -0.1) is 0 Å². The van der Waals surface area contributed by atoms with Gasteiger partial charge in [-0.05, 0) is 6.42 Å². The largest absolute Gasteiger partial charge is 0.465 e. The molecular formula is C8H11BO2. The lowest BCUT2D eigenvalue weighted by molar-refractivity contribution is -0.141. The fraction of sp³-hybridized carbons (Fsp3) is 0.625. The monoisotopic (exact) mass is 150 g/mol. The summed E-state index contributed by atoms with van der Waals surface area (Å²) in [5, 5.41) is 0. The zero-order chi connectivity index (χ0) is 8.27. The number of hydrogen-bond donors (Lipinski definition) is 0. The maximum Gasteiger partial charge on any atom is 0.302 e. The minimum atomic E-state index is -0.223. The van der Waals surface area contributed by atoms with Gasteiger partial charge in [-0.2, -0.15) is 0 Å². The molecule has 0 N–H and O–H groups in total. The Morgan fingerprint density at radius 1 is 1.73 bits per heavy atom. The normalized spacial score (nSPS) is 28.8. The number of rotatable bonds is 2. The molecule has 0 aromatic carbocycles. The Balaban J connectivity index is 2.19. The highest BCUT2D eigenvalue weighted by Gasteiger charge is 2.15. The highest BCUT2D eigenvalue weighted by molar-refractivity contribution is 6.13. The minimum absolute atomic E-state index is 0.149. The van der Waals surface area contributed by atoms with Crippen molar-refractivity contribution in [3.63, 3.8) is 0 Å². The summed E-state index contributed by atoms with van der Waals surface area (Å²) in [5.41, 5.74) is 0. The van der Waals surface area contributed by atoms with E-state index in [1.165, 1.54) is 6.92 Å². The van der Waals surface area contributed by atoms with Crippen molar-refractivity contribution in [1.29, 1.82) is 0 Å². The van der Waals surface area contributed by atoms with Crippen LogP contribution in [0, 0.1) is 5.92 Å². The molecule has 2 radical (unpaired) electrons. The Morgan fingerprint density at radius 2 is 2.45 bits per heavy atom. The predicted octanol–water partition coefficient (Wildman–Crippen LogP) is 1.08. The van der Waals surface area contributed by atoms with E-state index in [9.17, 15) is 4.79 Å². The van der Waals surface area contributed by atoms with Gasteiger partial charge >= 0.3 is 5.97 Å². The molecule has 1 aliphatic carbocycles. The summed E-state index contributed by atoms with van der Waals surface area (Å²) in [6, 6.07) is 0. The van der Waals surface area contributed by atoms with E-state index >= 15 is 0 Å². The molecular weight excluding hydrogens is 139 g/mol. The molecule has 0 bridgehead atoms. The van der Waals surface area contributed by atoms with Crippen LogP contribution in [0.1, 0.15) is 13.3 Å². The summed E-state index contributed by atoms with van der Waals surface area (Å²) in [6.07, 6.45) is 4.86. The van der Waals surface area contributed by atoms with E-state index in [4.69, 9.17) is 12.6 Å². The number of carbonyl (C=O) groups is 1. The van der Waals surface area contributed by atoms with Crippen molar-refractivity contribution < 1.29 is 9.53 Å². The molecule has 1 aliphatic rings. The second kappa shape index (κ2) is 3.60. The number of ether oxygens (including phenoxy) is 1. The van der Waals surface area contributed by atoms with E-state index in [1.54, 1.807) is 0 Å². The molecule has 11 heavy (non-hydrogen) atoms. The molecule has 58 valence electrons. The smallest absolute Gasteiger partial charge is 0.302 e. The van der Waals surface area contributed by atoms with Gasteiger partial charge in [-0.3, -0.25) is 4.79 Å². The van der Waals surface area contributed by atoms with Crippen molar-refractivity contribution >= 4 is 13.8 Å². The van der Waals surface area contributed by atoms with Crippen LogP contribution in [-0.2, 0) is 9.53 Å². The van der Waals surface area contributed by atoms with E-state index < -0.39 is 0 Å². The Morgan fingerprint density at radius 3 is 2.91 bits per heavy atom. The van der Waals surface area contributed by atoms with Crippen LogP contribution in [0.15, 0.2) is 12.2 Å². The Kier molecular flexibility index (Phi) is 2.74. The van der Waals surface area contributed by atoms with Crippen molar-refractivity contribution in [2.45, 2.75) is 19.2 Å². The summed E-state index contributed by atoms with van der Waals surface area (Å²) < 4.78 is 4.83. The maximum absolute atomic E-state index is 10.4. The molecule has 0 aliphatic heterocycles. The third kappa shape index (κ3) is 2.79. The van der Waals surface area contributed by atoms with Crippen molar-refractivity contribution in [3.05, 3.63) is 12.2 Å². The van der Waals surface area contributed by atoms with E-state index in [0.717, 1.165) is 6.42 Å². The zero-order valence-electron chi connectivity index (χ0n) is 6.62. The molecule has 2 nitrogen and oxygen atoms in total. The van der Waals surface area contributed by atoms with Gasteiger partial charge in [0.1, 0.15) is 0 Å². The molecule has 0 fully saturated rings. The van der Waals surface area contributed by atoms with Gasteiger partial charge in [-0.1, -0.05) is 18.0 Å². The number of allylic oxidation sites excluding steroid dienone is 1. The lowest BCUT2D eigenvalue weighted by Gasteiger charge is -2.08. The van der Waals surface area contributed by atoms with E-state index in [2.05, 4.69) is 0 Å². The predicted molar refractivity (Wildman–Crippen MR) is 43.4 cm³/mol. The van der Waals surface area contributed by atoms with Gasteiger partial charge < -0.3 is 4.74 Å². The molecule has 1 rings (SSSR count). The van der Waals surface area contributed by atoms with Gasteiger partial charge in [0.05, 0.1) is 14.5 Å². The summed E-state index contributed by atoms with van der Waals surface area (Å²) >= 11 is 0. The van der Waals surface area contributed by atoms with E-state index in [-0.39, 0.29) is 11.8 Å². The van der Waals surface area contributed by atoms with Crippen LogP contribution in [0.25, 0.3) is 0 Å². The topological polar surface area (TPSA) is 26.3 Å². The van der Waals surface area contributed by atoms with Gasteiger partial charge in [0.2, 0.25) is 0 Å². The van der Waals surface area contributed by atoms with Crippen LogP contribution in [0.2, 0.25) is 5.82 Å². The minimum Gasteiger partial charge on any atom is -0.465 e. The van der Waals surface area contributed by atoms with Crippen LogP contribution < -0.4 is 0 Å². The quantitative estimate of drug-likeness (QED) is 0.334. The fourth-order valence-corrected chi connectivity index (χ4v) is 1.15. The summed E-state index contributed by atoms with van der Waals surface area (Å²) in [4.78, 5) is 10.4. The molecule has 0 heterocycles. The first-order valence-electron chi connectivity index (χ1n) is 3.76. The third-order valence-corrected chi connectivity index (χ3v) is 1.71. The zero-order valence-corrected chi connectivity index (χ0v) is 6.62. The summed E-state index contributed by atoms with van der Waals surface area (Å²) in [7, 11) is 5.60. The highest BCUT2D eigenvalue weighted by Crippen LogP contribution is 2.25. The number of hydrogen-bond acceptors (Lipinski definition) is 2. The molecule has 0 spiro atoms. The van der Waals surface area contributed by atoms with Crippen molar-refractivity contribution in [3.8, 4) is 0 Å². The molecule has 0 saturated carbocycles. The van der Waals surface area contributed by atoms with Crippen LogP contribution in [0.5, 0.6) is 0 Å². The van der Waals surface area contributed by atoms with Crippen molar-refractivity contribution in [1.82, 2.24) is 0 Å². The van der Waals surface area contributed by atoms with Crippen LogP contribution in [-0.4, -0.2) is 20.4 Å². The van der Waals surface area contributed by atoms with Crippen LogP contribution in [0.3, 0.4) is 0 Å². The second-order valence-electron chi connectivity index (χ2n) is 2.85. The lowest BCUT2D eigenvalue weighted by atomic mass is 9.86. The third-order valence-electron chi connectivity index (χ3n) is 1.71. The second-order valence-corrected chi connectivity index (χ2v) is 2.85. The first-order valence-corrected chi connectivity index (χ1v) is 3.76. The summed E-state index contributed by atoms with van der Waals surface area (Å²) in [6.45, 7) is 1.89. The van der Waals surface area contributed by atoms with Crippen molar-refractivity contribution in [2.24, 2.45) is 5.92 Å². The molecule has 0 saturated heterocycles. The molecule has 2 atom stereocenters. The number of esters is 1. The SMILES string of the molecule is [B]C1C=CC(COC(C)=O)C1. The highest BCUT2D eigenvalue weighted by atomic mass is 16.5. The van der Waals surface area contributed by atoms with Gasteiger partial charge in [0, 0.05) is 12.8 Å². The Labute approximate surface area is 68.0 Å². The standard InChI is InChI=1S/C8H11BO2/c1-6(10)11-5-7-2-3-8(9)4-7/h2-3,7-8H,4-5H2,1H3. The Hall–Kier alpha value is -0.725. The average molecular weight is 150 g/mol. The number of carbonyl (C=O) groups excluding carboxylic acids is 1. The summed E-state index contributed by atoms with van der Waals surface area (Å²) in [5.74, 6) is 0.253. The van der Waals surface area contributed by atoms with Crippen molar-refractivity contribution in [2.75, 3.05) is 6.61 Å². The average Bonchev–Trinajstić information content (AvgIpc) is 2.31. The molecule has 3 heteroatoms. The van der Waals surface area contributed by atoms with Gasteiger partial charge in [0.15, 0.2) is 0 Å². The van der Waals surface area contributed by atoms with E-state index in [1.807, 2.05) is 12.2 Å². The van der Waals surface area contributed by atoms with Gasteiger partial charge in [0.25, 0.3) is 0 Å². The van der Waals surface area contributed by atoms with Crippen LogP contribution >= 0.6 is 0 Å². The molecule has 0 aromatic rings. The molecule has 0 aromatic heterocycles. The molecule has 2 unspecified atom stereocenters. The van der Waals surface area contributed by atoms with E-state index in [0.29, 0.717) is 12.5 Å². The molecule has 0 amide bonds. The Bertz CT molecular complexity index is 177. The first-order chi connectivity index (χ1) is 5.18. The first kappa shape index (κ1) is 8.37. The van der Waals surface area contributed by atoms with Gasteiger partial charge in [-0.25, -0.2) is 0 Å². The maximum atomic E-state index is 10.4.